The van der Waals surface area contributed by atoms with Gasteiger partial charge in [-0.25, -0.2) is 0 Å². The van der Waals surface area contributed by atoms with Crippen molar-refractivity contribution in [3.63, 3.8) is 0 Å². The molecule has 2 heteroatoms. The van der Waals surface area contributed by atoms with Crippen LogP contribution in [0, 0.1) is 5.92 Å². The second-order valence-corrected chi connectivity index (χ2v) is 4.41. The Morgan fingerprint density at radius 2 is 1.88 bits per heavy atom. The third-order valence-electron chi connectivity index (χ3n) is 3.07. The molecule has 1 aliphatic rings. The van der Waals surface area contributed by atoms with Gasteiger partial charge in [-0.1, -0.05) is 54.8 Å². The van der Waals surface area contributed by atoms with Gasteiger partial charge < -0.3 is 4.84 Å². The molecule has 1 aliphatic carbocycles. The molecule has 2 rings (SSSR count). The summed E-state index contributed by atoms with van der Waals surface area (Å²) in [6, 6.07) is 10.1. The van der Waals surface area contributed by atoms with Crippen LogP contribution in [0.1, 0.15) is 37.7 Å². The molecule has 0 radical (unpaired) electrons. The zero-order valence-electron chi connectivity index (χ0n) is 9.64. The van der Waals surface area contributed by atoms with E-state index in [1.165, 1.54) is 37.7 Å². The topological polar surface area (TPSA) is 21.6 Å². The van der Waals surface area contributed by atoms with Crippen LogP contribution in [0.25, 0.3) is 0 Å². The Morgan fingerprint density at radius 3 is 2.62 bits per heavy atom. The third kappa shape index (κ3) is 3.69. The van der Waals surface area contributed by atoms with E-state index in [-0.39, 0.29) is 0 Å². The van der Waals surface area contributed by atoms with Gasteiger partial charge in [0.15, 0.2) is 0 Å². The highest BCUT2D eigenvalue weighted by Gasteiger charge is 2.10. The molecule has 0 atom stereocenters. The molecule has 1 aromatic carbocycles. The lowest BCUT2D eigenvalue weighted by molar-refractivity contribution is 0.130. The average molecular weight is 217 g/mol. The summed E-state index contributed by atoms with van der Waals surface area (Å²) in [4.78, 5) is 5.29. The Balaban J connectivity index is 1.69. The summed E-state index contributed by atoms with van der Waals surface area (Å²) in [5.74, 6) is 0.643. The minimum atomic E-state index is 0.573. The standard InChI is InChI=1S/C14H19NO/c1-3-7-13(8-4-1)11-15-16-12-14-9-5-2-6-10-14/h2,5-6,9-11,13H,1,3-4,7-8,12H2/b15-11-. The molecule has 0 aromatic heterocycles. The lowest BCUT2D eigenvalue weighted by Gasteiger charge is -2.16. The fourth-order valence-electron chi connectivity index (χ4n) is 2.10. The van der Waals surface area contributed by atoms with Crippen molar-refractivity contribution in [3.05, 3.63) is 35.9 Å². The van der Waals surface area contributed by atoms with Crippen LogP contribution in [0.5, 0.6) is 0 Å². The number of hydrogen-bond donors (Lipinski definition) is 0. The van der Waals surface area contributed by atoms with E-state index in [1.807, 2.05) is 24.4 Å². The molecule has 0 aliphatic heterocycles. The number of nitrogens with zero attached hydrogens (tertiary/aromatic N) is 1. The van der Waals surface area contributed by atoms with Crippen molar-refractivity contribution in [2.24, 2.45) is 11.1 Å². The molecule has 0 bridgehead atoms. The van der Waals surface area contributed by atoms with Crippen LogP contribution in [0.2, 0.25) is 0 Å². The molecular formula is C14H19NO. The highest BCUT2D eigenvalue weighted by atomic mass is 16.6. The predicted octanol–water partition coefficient (Wildman–Crippen LogP) is 3.77. The summed E-state index contributed by atoms with van der Waals surface area (Å²) in [6.07, 6.45) is 8.61. The van der Waals surface area contributed by atoms with E-state index >= 15 is 0 Å². The lowest BCUT2D eigenvalue weighted by Crippen LogP contribution is -2.07. The van der Waals surface area contributed by atoms with Gasteiger partial charge in [0.25, 0.3) is 0 Å². The Kier molecular flexibility index (Phi) is 4.41. The van der Waals surface area contributed by atoms with Crippen LogP contribution in [0.3, 0.4) is 0 Å². The van der Waals surface area contributed by atoms with Crippen LogP contribution >= 0.6 is 0 Å². The fourth-order valence-corrected chi connectivity index (χ4v) is 2.10. The zero-order valence-corrected chi connectivity index (χ0v) is 9.64. The van der Waals surface area contributed by atoms with Gasteiger partial charge in [0.1, 0.15) is 6.61 Å². The van der Waals surface area contributed by atoms with Crippen LogP contribution in [0.15, 0.2) is 35.5 Å². The molecule has 0 heterocycles. The zero-order chi connectivity index (χ0) is 11.1. The minimum absolute atomic E-state index is 0.573. The van der Waals surface area contributed by atoms with Gasteiger partial charge in [-0.15, -0.1) is 0 Å². The second-order valence-electron chi connectivity index (χ2n) is 4.41. The maximum atomic E-state index is 5.29. The molecular weight excluding hydrogens is 198 g/mol. The van der Waals surface area contributed by atoms with Crippen molar-refractivity contribution < 1.29 is 4.84 Å². The Morgan fingerprint density at radius 1 is 1.12 bits per heavy atom. The summed E-state index contributed by atoms with van der Waals surface area (Å²) >= 11 is 0. The van der Waals surface area contributed by atoms with Gasteiger partial charge in [-0.3, -0.25) is 0 Å². The first-order valence-corrected chi connectivity index (χ1v) is 6.14. The largest absolute Gasteiger partial charge is 0.391 e. The Labute approximate surface area is 97.3 Å². The van der Waals surface area contributed by atoms with Crippen LogP contribution in [0.4, 0.5) is 0 Å². The van der Waals surface area contributed by atoms with Crippen molar-refractivity contribution >= 4 is 6.21 Å². The van der Waals surface area contributed by atoms with Gasteiger partial charge in [0.05, 0.1) is 0 Å². The maximum Gasteiger partial charge on any atom is 0.142 e. The molecule has 1 aromatic rings. The lowest BCUT2D eigenvalue weighted by atomic mass is 9.90. The molecule has 0 amide bonds. The van der Waals surface area contributed by atoms with Gasteiger partial charge in [-0.2, -0.15) is 0 Å². The van der Waals surface area contributed by atoms with Crippen LogP contribution in [-0.4, -0.2) is 6.21 Å². The molecule has 16 heavy (non-hydrogen) atoms. The SMILES string of the molecule is C(=N/OCc1ccccc1)/C1CCCCC1. The highest BCUT2D eigenvalue weighted by molar-refractivity contribution is 5.59. The number of benzene rings is 1. The van der Waals surface area contributed by atoms with Crippen LogP contribution in [-0.2, 0) is 11.4 Å². The summed E-state index contributed by atoms with van der Waals surface area (Å²) < 4.78 is 0. The molecule has 0 N–H and O–H groups in total. The third-order valence-corrected chi connectivity index (χ3v) is 3.07. The molecule has 1 fully saturated rings. The Bertz CT molecular complexity index is 315. The number of oxime groups is 1. The predicted molar refractivity (Wildman–Crippen MR) is 66.3 cm³/mol. The van der Waals surface area contributed by atoms with E-state index in [1.54, 1.807) is 0 Å². The van der Waals surface area contributed by atoms with Gasteiger partial charge in [0.2, 0.25) is 0 Å². The normalized spacial score (nSPS) is 17.8. The van der Waals surface area contributed by atoms with Crippen molar-refractivity contribution in [2.75, 3.05) is 0 Å². The van der Waals surface area contributed by atoms with E-state index in [9.17, 15) is 0 Å². The van der Waals surface area contributed by atoms with Gasteiger partial charge in [0, 0.05) is 6.21 Å². The summed E-state index contributed by atoms with van der Waals surface area (Å²) in [7, 11) is 0. The highest BCUT2D eigenvalue weighted by Crippen LogP contribution is 2.21. The van der Waals surface area contributed by atoms with E-state index in [2.05, 4.69) is 17.3 Å². The van der Waals surface area contributed by atoms with Gasteiger partial charge in [-0.05, 0) is 24.3 Å². The summed E-state index contributed by atoms with van der Waals surface area (Å²) in [5, 5.41) is 4.07. The van der Waals surface area contributed by atoms with E-state index in [0.717, 1.165) is 0 Å². The molecule has 0 saturated heterocycles. The van der Waals surface area contributed by atoms with Crippen molar-refractivity contribution in [2.45, 2.75) is 38.7 Å². The van der Waals surface area contributed by atoms with Crippen molar-refractivity contribution in [3.8, 4) is 0 Å². The monoisotopic (exact) mass is 217 g/mol. The van der Waals surface area contributed by atoms with E-state index < -0.39 is 0 Å². The molecule has 0 unspecified atom stereocenters. The first-order chi connectivity index (χ1) is 7.95. The summed E-state index contributed by atoms with van der Waals surface area (Å²) in [5.41, 5.74) is 1.17. The Hall–Kier alpha value is -1.31. The first kappa shape index (κ1) is 11.2. The van der Waals surface area contributed by atoms with Crippen molar-refractivity contribution in [1.29, 1.82) is 0 Å². The van der Waals surface area contributed by atoms with Crippen LogP contribution < -0.4 is 0 Å². The van der Waals surface area contributed by atoms with E-state index in [0.29, 0.717) is 12.5 Å². The summed E-state index contributed by atoms with van der Waals surface area (Å²) in [6.45, 7) is 0.573. The number of rotatable bonds is 4. The molecule has 0 spiro atoms. The number of hydrogen-bond acceptors (Lipinski definition) is 2. The fraction of sp³-hybridized carbons (Fsp3) is 0.500. The molecule has 1 saturated carbocycles. The average Bonchev–Trinajstić information content (AvgIpc) is 2.37. The van der Waals surface area contributed by atoms with Gasteiger partial charge >= 0.3 is 0 Å². The minimum Gasteiger partial charge on any atom is -0.391 e. The second kappa shape index (κ2) is 6.31. The maximum absolute atomic E-state index is 5.29. The van der Waals surface area contributed by atoms with Crippen molar-refractivity contribution in [1.82, 2.24) is 0 Å². The van der Waals surface area contributed by atoms with E-state index in [4.69, 9.17) is 4.84 Å². The first-order valence-electron chi connectivity index (χ1n) is 6.14. The smallest absolute Gasteiger partial charge is 0.142 e. The molecule has 2 nitrogen and oxygen atoms in total. The quantitative estimate of drug-likeness (QED) is 0.555. The molecule has 86 valence electrons.